The molecule has 3 rings (SSSR count). The monoisotopic (exact) mass is 398 g/mol. The molecule has 1 heterocycles. The Morgan fingerprint density at radius 3 is 2.61 bits per heavy atom. The summed E-state index contributed by atoms with van der Waals surface area (Å²) in [5, 5.41) is 2.15. The summed E-state index contributed by atoms with van der Waals surface area (Å²) < 4.78 is 10.3. The van der Waals surface area contributed by atoms with Crippen LogP contribution in [0.15, 0.2) is 54.7 Å². The van der Waals surface area contributed by atoms with Crippen molar-refractivity contribution in [2.24, 2.45) is 0 Å². The number of nitrogens with zero attached hydrogens (tertiary/aromatic N) is 2. The summed E-state index contributed by atoms with van der Waals surface area (Å²) in [6, 6.07) is 14.8. The molecule has 6 nitrogen and oxygen atoms in total. The van der Waals surface area contributed by atoms with Crippen LogP contribution in [0.5, 0.6) is 5.75 Å². The van der Waals surface area contributed by atoms with Gasteiger partial charge in [-0.05, 0) is 46.7 Å². The molecule has 28 heavy (non-hydrogen) atoms. The van der Waals surface area contributed by atoms with Gasteiger partial charge in [-0.15, -0.1) is 0 Å². The number of aromatic nitrogens is 1. The molecule has 0 fully saturated rings. The summed E-state index contributed by atoms with van der Waals surface area (Å²) in [4.78, 5) is 29.6. The quantitative estimate of drug-likeness (QED) is 0.467. The third kappa shape index (κ3) is 4.58. The van der Waals surface area contributed by atoms with Gasteiger partial charge in [0.05, 0.1) is 12.7 Å². The fourth-order valence-electron chi connectivity index (χ4n) is 2.71. The number of amides is 1. The van der Waals surface area contributed by atoms with Crippen LogP contribution < -0.4 is 4.74 Å². The maximum Gasteiger partial charge on any atom is 0.341 e. The van der Waals surface area contributed by atoms with Gasteiger partial charge in [-0.25, -0.2) is 9.78 Å². The minimum absolute atomic E-state index is 0.0427. The summed E-state index contributed by atoms with van der Waals surface area (Å²) in [7, 11) is 3.29. The highest BCUT2D eigenvalue weighted by Crippen LogP contribution is 2.22. The molecule has 1 amide bonds. The molecule has 0 radical (unpaired) electrons. The predicted molar refractivity (Wildman–Crippen MR) is 107 cm³/mol. The molecule has 144 valence electrons. The average molecular weight is 399 g/mol. The van der Waals surface area contributed by atoms with Crippen LogP contribution in [-0.4, -0.2) is 42.5 Å². The van der Waals surface area contributed by atoms with Gasteiger partial charge in [0.15, 0.2) is 6.61 Å². The van der Waals surface area contributed by atoms with E-state index in [0.29, 0.717) is 6.54 Å². The summed E-state index contributed by atoms with van der Waals surface area (Å²) in [5.74, 6) is -0.203. The number of ether oxygens (including phenoxy) is 2. The van der Waals surface area contributed by atoms with Gasteiger partial charge >= 0.3 is 5.97 Å². The van der Waals surface area contributed by atoms with E-state index in [-0.39, 0.29) is 23.2 Å². The van der Waals surface area contributed by atoms with Gasteiger partial charge in [-0.1, -0.05) is 29.8 Å². The molecular formula is C21H19ClN2O4. The molecule has 2 aromatic carbocycles. The number of carbonyl (C=O) groups excluding carboxylic acids is 2. The molecular weight excluding hydrogens is 380 g/mol. The van der Waals surface area contributed by atoms with Crippen molar-refractivity contribution >= 4 is 34.2 Å². The largest absolute Gasteiger partial charge is 0.497 e. The lowest BCUT2D eigenvalue weighted by molar-refractivity contribution is -0.133. The average Bonchev–Trinajstić information content (AvgIpc) is 2.71. The Hall–Kier alpha value is -3.12. The zero-order chi connectivity index (χ0) is 20.1. The Labute approximate surface area is 167 Å². The number of fused-ring (bicyclic) bond motifs is 1. The topological polar surface area (TPSA) is 68.7 Å². The van der Waals surface area contributed by atoms with Gasteiger partial charge in [0.2, 0.25) is 0 Å². The first kappa shape index (κ1) is 19.6. The summed E-state index contributed by atoms with van der Waals surface area (Å²) in [5.41, 5.74) is 1.10. The van der Waals surface area contributed by atoms with E-state index in [2.05, 4.69) is 4.98 Å². The zero-order valence-electron chi connectivity index (χ0n) is 15.5. The second kappa shape index (κ2) is 8.71. The molecule has 0 bridgehead atoms. The summed E-state index contributed by atoms with van der Waals surface area (Å²) in [6.45, 7) is 0.0251. The van der Waals surface area contributed by atoms with E-state index in [1.165, 1.54) is 17.2 Å². The number of pyridine rings is 1. The van der Waals surface area contributed by atoms with Gasteiger partial charge in [0, 0.05) is 19.8 Å². The first-order valence-electron chi connectivity index (χ1n) is 8.56. The van der Waals surface area contributed by atoms with Gasteiger partial charge in [0.1, 0.15) is 10.9 Å². The number of benzene rings is 2. The Kier molecular flexibility index (Phi) is 6.11. The van der Waals surface area contributed by atoms with Crippen molar-refractivity contribution in [1.82, 2.24) is 9.88 Å². The van der Waals surface area contributed by atoms with Gasteiger partial charge in [0.25, 0.3) is 5.91 Å². The third-order valence-corrected chi connectivity index (χ3v) is 4.56. The lowest BCUT2D eigenvalue weighted by Crippen LogP contribution is -2.30. The number of hydrogen-bond donors (Lipinski definition) is 0. The maximum atomic E-state index is 12.3. The fourth-order valence-corrected chi connectivity index (χ4v) is 2.91. The SMILES string of the molecule is COc1ccc2cc(CN(C)C(=O)COC(=O)c3cccnc3Cl)ccc2c1. The Balaban J connectivity index is 1.60. The van der Waals surface area contributed by atoms with Crippen molar-refractivity contribution in [3.8, 4) is 5.75 Å². The van der Waals surface area contributed by atoms with Crippen LogP contribution in [0.3, 0.4) is 0 Å². The minimum atomic E-state index is -0.681. The van der Waals surface area contributed by atoms with E-state index in [9.17, 15) is 9.59 Å². The smallest absolute Gasteiger partial charge is 0.341 e. The first-order valence-corrected chi connectivity index (χ1v) is 8.94. The molecule has 0 N–H and O–H groups in total. The normalized spacial score (nSPS) is 10.5. The Bertz CT molecular complexity index is 1020. The molecule has 1 aromatic heterocycles. The molecule has 0 aliphatic carbocycles. The fraction of sp³-hybridized carbons (Fsp3) is 0.190. The number of halogens is 1. The van der Waals surface area contributed by atoms with Crippen molar-refractivity contribution in [2.75, 3.05) is 20.8 Å². The zero-order valence-corrected chi connectivity index (χ0v) is 16.3. The van der Waals surface area contributed by atoms with Crippen molar-refractivity contribution < 1.29 is 19.1 Å². The van der Waals surface area contributed by atoms with Crippen LogP contribution in [0, 0.1) is 0 Å². The van der Waals surface area contributed by atoms with Crippen LogP contribution in [0.2, 0.25) is 5.15 Å². The molecule has 0 unspecified atom stereocenters. The number of carbonyl (C=O) groups is 2. The minimum Gasteiger partial charge on any atom is -0.497 e. The van der Waals surface area contributed by atoms with E-state index in [4.69, 9.17) is 21.1 Å². The van der Waals surface area contributed by atoms with Crippen LogP contribution >= 0.6 is 11.6 Å². The summed E-state index contributed by atoms with van der Waals surface area (Å²) >= 11 is 5.86. The van der Waals surface area contributed by atoms with Gasteiger partial charge < -0.3 is 14.4 Å². The number of hydrogen-bond acceptors (Lipinski definition) is 5. The highest BCUT2D eigenvalue weighted by atomic mass is 35.5. The van der Waals surface area contributed by atoms with Crippen LogP contribution in [0.1, 0.15) is 15.9 Å². The van der Waals surface area contributed by atoms with Crippen molar-refractivity contribution in [3.05, 3.63) is 71.0 Å². The number of methoxy groups -OCH3 is 1. The van der Waals surface area contributed by atoms with E-state index in [0.717, 1.165) is 22.1 Å². The predicted octanol–water partition coefficient (Wildman–Crippen LogP) is 3.71. The van der Waals surface area contributed by atoms with Crippen LogP contribution in [-0.2, 0) is 16.1 Å². The molecule has 0 aliphatic rings. The lowest BCUT2D eigenvalue weighted by Gasteiger charge is -2.17. The Morgan fingerprint density at radius 2 is 1.86 bits per heavy atom. The highest BCUT2D eigenvalue weighted by Gasteiger charge is 2.16. The van der Waals surface area contributed by atoms with E-state index >= 15 is 0 Å². The molecule has 0 aliphatic heterocycles. The molecule has 0 saturated carbocycles. The second-order valence-corrected chi connectivity index (χ2v) is 6.57. The molecule has 7 heteroatoms. The lowest BCUT2D eigenvalue weighted by atomic mass is 10.1. The van der Waals surface area contributed by atoms with Crippen LogP contribution in [0.25, 0.3) is 10.8 Å². The number of likely N-dealkylation sites (N-methyl/N-ethyl adjacent to an activating group) is 1. The van der Waals surface area contributed by atoms with Crippen molar-refractivity contribution in [3.63, 3.8) is 0 Å². The molecule has 0 atom stereocenters. The summed E-state index contributed by atoms with van der Waals surface area (Å²) in [6.07, 6.45) is 1.47. The van der Waals surface area contributed by atoms with Gasteiger partial charge in [-0.2, -0.15) is 0 Å². The van der Waals surface area contributed by atoms with E-state index in [1.54, 1.807) is 20.2 Å². The Morgan fingerprint density at radius 1 is 1.11 bits per heavy atom. The van der Waals surface area contributed by atoms with Crippen molar-refractivity contribution in [1.29, 1.82) is 0 Å². The molecule has 0 spiro atoms. The highest BCUT2D eigenvalue weighted by molar-refractivity contribution is 6.32. The van der Waals surface area contributed by atoms with Crippen molar-refractivity contribution in [2.45, 2.75) is 6.54 Å². The number of esters is 1. The standard InChI is InChI=1S/C21H19ClN2O4/c1-24(19(25)13-28-21(26)18-4-3-9-23-20(18)22)12-14-5-6-16-11-17(27-2)8-7-15(16)10-14/h3-11H,12-13H2,1-2H3. The first-order chi connectivity index (χ1) is 13.5. The van der Waals surface area contributed by atoms with Crippen LogP contribution in [0.4, 0.5) is 0 Å². The third-order valence-electron chi connectivity index (χ3n) is 4.26. The van der Waals surface area contributed by atoms with Gasteiger partial charge in [-0.3, -0.25) is 4.79 Å². The molecule has 3 aromatic rings. The maximum absolute atomic E-state index is 12.3. The van der Waals surface area contributed by atoms with E-state index < -0.39 is 5.97 Å². The second-order valence-electron chi connectivity index (χ2n) is 6.22. The molecule has 0 saturated heterocycles. The number of rotatable bonds is 6. The van der Waals surface area contributed by atoms with E-state index in [1.807, 2.05) is 36.4 Å².